The SMILES string of the molecule is CCOC(=O)Cc1c(C)cc2nc(-c3ccnc(-c4ccc5c(cnn5C5CNC5)c4)c3)sc2c1-c1ccc(Cl)cc1. The molecule has 3 aromatic heterocycles. The van der Waals surface area contributed by atoms with E-state index in [1.807, 2.05) is 56.6 Å². The minimum absolute atomic E-state index is 0.191. The predicted molar refractivity (Wildman–Crippen MR) is 169 cm³/mol. The van der Waals surface area contributed by atoms with E-state index in [9.17, 15) is 4.79 Å². The number of rotatable bonds is 7. The number of carbonyl (C=O) groups excluding carboxylic acids is 1. The lowest BCUT2D eigenvalue weighted by atomic mass is 9.93. The van der Waals surface area contributed by atoms with Crippen molar-refractivity contribution >= 4 is 50.0 Å². The van der Waals surface area contributed by atoms with Crippen LogP contribution in [0.1, 0.15) is 24.1 Å². The van der Waals surface area contributed by atoms with Gasteiger partial charge in [0.25, 0.3) is 0 Å². The van der Waals surface area contributed by atoms with Gasteiger partial charge in [0.15, 0.2) is 0 Å². The molecule has 1 N–H and O–H groups in total. The summed E-state index contributed by atoms with van der Waals surface area (Å²) in [5.74, 6) is -0.245. The lowest BCUT2D eigenvalue weighted by molar-refractivity contribution is -0.142. The molecule has 0 unspecified atom stereocenters. The summed E-state index contributed by atoms with van der Waals surface area (Å²) in [4.78, 5) is 22.4. The standard InChI is InChI=1S/C33H28ClN5O2S/c1-3-41-30(40)15-26-19(2)12-28-32(31(26)20-4-7-24(34)8-5-20)42-33(38-28)22-10-11-36-27(14-22)21-6-9-29-23(13-21)16-37-39(29)25-17-35-18-25/h4-14,16,25,35H,3,15,17-18H2,1-2H3. The molecule has 0 aliphatic carbocycles. The number of halogens is 1. The molecule has 0 saturated carbocycles. The van der Waals surface area contributed by atoms with Gasteiger partial charge in [-0.05, 0) is 73.0 Å². The van der Waals surface area contributed by atoms with Crippen LogP contribution in [0, 0.1) is 6.92 Å². The van der Waals surface area contributed by atoms with Gasteiger partial charge in [-0.3, -0.25) is 14.5 Å². The van der Waals surface area contributed by atoms with Gasteiger partial charge in [-0.25, -0.2) is 4.98 Å². The molecule has 7 nitrogen and oxygen atoms in total. The van der Waals surface area contributed by atoms with Crippen molar-refractivity contribution in [2.24, 2.45) is 0 Å². The second-order valence-corrected chi connectivity index (χ2v) is 11.9. The molecule has 1 fully saturated rings. The summed E-state index contributed by atoms with van der Waals surface area (Å²) in [5.41, 5.74) is 8.86. The maximum Gasteiger partial charge on any atom is 0.310 e. The Morgan fingerprint density at radius 3 is 2.64 bits per heavy atom. The Morgan fingerprint density at radius 1 is 1.07 bits per heavy atom. The van der Waals surface area contributed by atoms with Crippen LogP contribution in [0.4, 0.5) is 0 Å². The van der Waals surface area contributed by atoms with Gasteiger partial charge in [0.05, 0.1) is 46.7 Å². The number of benzene rings is 3. The summed E-state index contributed by atoms with van der Waals surface area (Å²) < 4.78 is 8.44. The molecule has 42 heavy (non-hydrogen) atoms. The van der Waals surface area contributed by atoms with Gasteiger partial charge >= 0.3 is 5.97 Å². The van der Waals surface area contributed by atoms with Gasteiger partial charge in [0.2, 0.25) is 0 Å². The number of thiazole rings is 1. The zero-order valence-electron chi connectivity index (χ0n) is 23.2. The molecule has 6 aromatic rings. The van der Waals surface area contributed by atoms with E-state index in [1.54, 1.807) is 11.3 Å². The number of aromatic nitrogens is 4. The highest BCUT2D eigenvalue weighted by Gasteiger charge is 2.22. The number of hydrogen-bond acceptors (Lipinski definition) is 7. The number of aryl methyl sites for hydroxylation is 1. The molecule has 0 atom stereocenters. The second kappa shape index (κ2) is 10.9. The van der Waals surface area contributed by atoms with Gasteiger partial charge in [-0.15, -0.1) is 11.3 Å². The molecule has 4 heterocycles. The van der Waals surface area contributed by atoms with Crippen molar-refractivity contribution in [3.8, 4) is 33.0 Å². The molecule has 0 bridgehead atoms. The van der Waals surface area contributed by atoms with Crippen LogP contribution in [0.2, 0.25) is 5.02 Å². The molecular weight excluding hydrogens is 566 g/mol. The lowest BCUT2D eigenvalue weighted by Crippen LogP contribution is -2.43. The summed E-state index contributed by atoms with van der Waals surface area (Å²) in [5, 5.41) is 10.6. The fourth-order valence-corrected chi connectivity index (χ4v) is 6.80. The van der Waals surface area contributed by atoms with Crippen LogP contribution in [0.25, 0.3) is 54.1 Å². The maximum atomic E-state index is 12.6. The van der Waals surface area contributed by atoms with Crippen LogP contribution in [0.15, 0.2) is 73.1 Å². The summed E-state index contributed by atoms with van der Waals surface area (Å²) in [6, 6.07) is 20.7. The van der Waals surface area contributed by atoms with E-state index in [1.165, 1.54) is 0 Å². The summed E-state index contributed by atoms with van der Waals surface area (Å²) in [6.45, 7) is 6.10. The molecule has 210 valence electrons. The molecule has 7 rings (SSSR count). The number of fused-ring (bicyclic) bond motifs is 2. The number of nitrogens with one attached hydrogen (secondary N) is 1. The van der Waals surface area contributed by atoms with Crippen LogP contribution in [-0.2, 0) is 16.0 Å². The first kappa shape index (κ1) is 26.8. The van der Waals surface area contributed by atoms with Crippen molar-refractivity contribution in [2.45, 2.75) is 26.3 Å². The van der Waals surface area contributed by atoms with Gasteiger partial charge in [0.1, 0.15) is 5.01 Å². The fourth-order valence-electron chi connectivity index (χ4n) is 5.54. The number of pyridine rings is 1. The zero-order valence-corrected chi connectivity index (χ0v) is 24.8. The Morgan fingerprint density at radius 2 is 1.88 bits per heavy atom. The topological polar surface area (TPSA) is 81.9 Å². The first-order valence-corrected chi connectivity index (χ1v) is 15.2. The van der Waals surface area contributed by atoms with Crippen molar-refractivity contribution in [2.75, 3.05) is 19.7 Å². The highest BCUT2D eigenvalue weighted by atomic mass is 35.5. The number of hydrogen-bond donors (Lipinski definition) is 1. The van der Waals surface area contributed by atoms with Crippen LogP contribution in [-0.4, -0.2) is 45.4 Å². The molecule has 1 saturated heterocycles. The Hall–Kier alpha value is -4.11. The third kappa shape index (κ3) is 4.85. The third-order valence-electron chi connectivity index (χ3n) is 7.77. The van der Waals surface area contributed by atoms with E-state index in [2.05, 4.69) is 45.4 Å². The largest absolute Gasteiger partial charge is 0.466 e. The predicted octanol–water partition coefficient (Wildman–Crippen LogP) is 7.25. The smallest absolute Gasteiger partial charge is 0.310 e. The average molecular weight is 594 g/mol. The number of ether oxygens (including phenoxy) is 1. The van der Waals surface area contributed by atoms with Gasteiger partial charge < -0.3 is 10.1 Å². The Kier molecular flexibility index (Phi) is 6.98. The Balaban J connectivity index is 1.31. The number of esters is 1. The highest BCUT2D eigenvalue weighted by Crippen LogP contribution is 2.41. The number of nitrogens with zero attached hydrogens (tertiary/aromatic N) is 4. The molecule has 0 radical (unpaired) electrons. The third-order valence-corrected chi connectivity index (χ3v) is 9.16. The first-order chi connectivity index (χ1) is 20.5. The summed E-state index contributed by atoms with van der Waals surface area (Å²) in [6.07, 6.45) is 3.96. The molecule has 1 aliphatic rings. The Labute approximate surface area is 252 Å². The second-order valence-electron chi connectivity index (χ2n) is 10.5. The molecular formula is C33H28ClN5O2S. The number of carbonyl (C=O) groups is 1. The molecule has 1 aliphatic heterocycles. The van der Waals surface area contributed by atoms with Crippen molar-refractivity contribution in [3.05, 3.63) is 89.2 Å². The van der Waals surface area contributed by atoms with E-state index in [0.29, 0.717) is 17.7 Å². The summed E-state index contributed by atoms with van der Waals surface area (Å²) in [7, 11) is 0. The average Bonchev–Trinajstić information content (AvgIpc) is 3.57. The lowest BCUT2D eigenvalue weighted by Gasteiger charge is -2.27. The Bertz CT molecular complexity index is 1960. The van der Waals surface area contributed by atoms with Crippen LogP contribution < -0.4 is 5.32 Å². The zero-order chi connectivity index (χ0) is 28.8. The van der Waals surface area contributed by atoms with E-state index >= 15 is 0 Å². The molecule has 0 amide bonds. The minimum atomic E-state index is -0.245. The molecule has 0 spiro atoms. The minimum Gasteiger partial charge on any atom is -0.466 e. The van der Waals surface area contributed by atoms with Crippen molar-refractivity contribution in [3.63, 3.8) is 0 Å². The van der Waals surface area contributed by atoms with Crippen LogP contribution in [0.3, 0.4) is 0 Å². The highest BCUT2D eigenvalue weighted by molar-refractivity contribution is 7.22. The van der Waals surface area contributed by atoms with E-state index < -0.39 is 0 Å². The monoisotopic (exact) mass is 593 g/mol. The van der Waals surface area contributed by atoms with E-state index in [-0.39, 0.29) is 12.4 Å². The summed E-state index contributed by atoms with van der Waals surface area (Å²) >= 11 is 7.84. The van der Waals surface area contributed by atoms with Gasteiger partial charge in [-0.1, -0.05) is 29.8 Å². The quantitative estimate of drug-likeness (QED) is 0.196. The van der Waals surface area contributed by atoms with Crippen molar-refractivity contribution in [1.82, 2.24) is 25.1 Å². The van der Waals surface area contributed by atoms with Crippen LogP contribution in [0.5, 0.6) is 0 Å². The van der Waals surface area contributed by atoms with Crippen LogP contribution >= 0.6 is 22.9 Å². The normalized spacial score (nSPS) is 13.5. The van der Waals surface area contributed by atoms with Gasteiger partial charge in [-0.2, -0.15) is 5.10 Å². The fraction of sp³-hybridized carbons (Fsp3) is 0.212. The van der Waals surface area contributed by atoms with E-state index in [0.717, 1.165) is 78.3 Å². The van der Waals surface area contributed by atoms with Gasteiger partial charge in [0, 0.05) is 46.4 Å². The maximum absolute atomic E-state index is 12.6. The molecule has 9 heteroatoms. The van der Waals surface area contributed by atoms with Crippen molar-refractivity contribution < 1.29 is 9.53 Å². The van der Waals surface area contributed by atoms with E-state index in [4.69, 9.17) is 26.3 Å². The first-order valence-electron chi connectivity index (χ1n) is 14.0. The molecule has 3 aromatic carbocycles. The van der Waals surface area contributed by atoms with Crippen molar-refractivity contribution in [1.29, 1.82) is 0 Å².